The number of halogens is 1. The van der Waals surface area contributed by atoms with Crippen molar-refractivity contribution in [1.82, 2.24) is 5.16 Å². The van der Waals surface area contributed by atoms with Crippen LogP contribution in [0.3, 0.4) is 0 Å². The zero-order chi connectivity index (χ0) is 11.6. The first kappa shape index (κ1) is 10.8. The number of hydrogen-bond acceptors (Lipinski definition) is 4. The molecule has 4 nitrogen and oxygen atoms in total. The van der Waals surface area contributed by atoms with Crippen LogP contribution in [-0.4, -0.2) is 13.6 Å². The maximum atomic E-state index is 12.4. The van der Waals surface area contributed by atoms with Crippen molar-refractivity contribution in [2.24, 2.45) is 0 Å². The molecular weight excluding hydrogens is 233 g/mol. The third-order valence-electron chi connectivity index (χ3n) is 1.94. The second-order valence-corrected chi connectivity index (χ2v) is 4.59. The van der Waals surface area contributed by atoms with E-state index in [0.29, 0.717) is 5.69 Å². The smallest absolute Gasteiger partial charge is 0.309 e. The lowest BCUT2D eigenvalue weighted by Gasteiger charge is -1.91. The molecule has 2 aromatic rings. The summed E-state index contributed by atoms with van der Waals surface area (Å²) in [6.45, 7) is 0. The summed E-state index contributed by atoms with van der Waals surface area (Å²) in [5.74, 6) is -0.798. The molecule has 1 heterocycles. The van der Waals surface area contributed by atoms with Crippen LogP contribution in [0.1, 0.15) is 5.76 Å². The Hall–Kier alpha value is -1.69. The van der Waals surface area contributed by atoms with Gasteiger partial charge in [-0.2, -0.15) is 8.42 Å². The highest BCUT2D eigenvalue weighted by Crippen LogP contribution is 2.19. The molecule has 6 heteroatoms. The molecule has 0 N–H and O–H groups in total. The summed E-state index contributed by atoms with van der Waals surface area (Å²) in [5.41, 5.74) is 1.27. The maximum absolute atomic E-state index is 12.4. The van der Waals surface area contributed by atoms with Gasteiger partial charge in [-0.25, -0.2) is 0 Å². The number of aromatic nitrogens is 1. The van der Waals surface area contributed by atoms with Gasteiger partial charge in [-0.05, 0) is 0 Å². The van der Waals surface area contributed by atoms with Crippen molar-refractivity contribution in [1.29, 1.82) is 0 Å². The third-order valence-corrected chi connectivity index (χ3v) is 2.57. The molecule has 16 heavy (non-hydrogen) atoms. The van der Waals surface area contributed by atoms with Gasteiger partial charge in [0.2, 0.25) is 0 Å². The average Bonchev–Trinajstić information content (AvgIpc) is 2.65. The highest BCUT2D eigenvalue weighted by Gasteiger charge is 2.14. The van der Waals surface area contributed by atoms with E-state index in [1.165, 1.54) is 6.07 Å². The summed E-state index contributed by atoms with van der Waals surface area (Å²) in [6.07, 6.45) is 0. The zero-order valence-corrected chi connectivity index (χ0v) is 8.95. The predicted octanol–water partition coefficient (Wildman–Crippen LogP) is 2.14. The van der Waals surface area contributed by atoms with E-state index in [9.17, 15) is 12.3 Å². The summed E-state index contributed by atoms with van der Waals surface area (Å²) in [6, 6.07) is 10.5. The van der Waals surface area contributed by atoms with Crippen LogP contribution in [0.4, 0.5) is 3.89 Å². The molecule has 0 aliphatic carbocycles. The first-order valence-corrected chi connectivity index (χ1v) is 6.03. The van der Waals surface area contributed by atoms with Crippen LogP contribution in [0.2, 0.25) is 0 Å². The Kier molecular flexibility index (Phi) is 2.74. The molecule has 0 fully saturated rings. The molecule has 2 rings (SSSR count). The fourth-order valence-electron chi connectivity index (χ4n) is 1.30. The molecule has 1 aromatic heterocycles. The lowest BCUT2D eigenvalue weighted by molar-refractivity contribution is 0.393. The number of rotatable bonds is 3. The fraction of sp³-hybridized carbons (Fsp3) is 0.100. The number of hydrogen-bond donors (Lipinski definition) is 0. The van der Waals surface area contributed by atoms with Crippen molar-refractivity contribution in [2.45, 2.75) is 5.75 Å². The first-order valence-electron chi connectivity index (χ1n) is 4.48. The average molecular weight is 241 g/mol. The van der Waals surface area contributed by atoms with Gasteiger partial charge in [0.15, 0.2) is 5.76 Å². The highest BCUT2D eigenvalue weighted by molar-refractivity contribution is 7.85. The summed E-state index contributed by atoms with van der Waals surface area (Å²) in [5, 5.41) is 3.66. The van der Waals surface area contributed by atoms with E-state index < -0.39 is 16.0 Å². The molecule has 0 radical (unpaired) electrons. The zero-order valence-electron chi connectivity index (χ0n) is 8.13. The molecule has 0 aliphatic rings. The fourth-order valence-corrected chi connectivity index (χ4v) is 1.77. The van der Waals surface area contributed by atoms with Crippen molar-refractivity contribution in [3.05, 3.63) is 42.2 Å². The lowest BCUT2D eigenvalue weighted by Crippen LogP contribution is -1.93. The van der Waals surface area contributed by atoms with E-state index in [2.05, 4.69) is 5.16 Å². The first-order chi connectivity index (χ1) is 7.54. The molecular formula is C10H8FNO3S. The topological polar surface area (TPSA) is 60.2 Å². The van der Waals surface area contributed by atoms with Crippen LogP contribution >= 0.6 is 0 Å². The minimum atomic E-state index is -4.58. The van der Waals surface area contributed by atoms with Crippen LogP contribution in [0.15, 0.2) is 40.9 Å². The van der Waals surface area contributed by atoms with Crippen LogP contribution in [0.25, 0.3) is 11.3 Å². The molecule has 0 amide bonds. The Bertz CT molecular complexity index is 577. The van der Waals surface area contributed by atoms with Gasteiger partial charge in [0.25, 0.3) is 0 Å². The Morgan fingerprint density at radius 3 is 2.56 bits per heavy atom. The van der Waals surface area contributed by atoms with E-state index in [1.807, 2.05) is 18.2 Å². The van der Waals surface area contributed by atoms with E-state index in [-0.39, 0.29) is 5.76 Å². The lowest BCUT2D eigenvalue weighted by atomic mass is 10.1. The summed E-state index contributed by atoms with van der Waals surface area (Å²) in [7, 11) is -4.58. The van der Waals surface area contributed by atoms with Gasteiger partial charge < -0.3 is 4.52 Å². The van der Waals surface area contributed by atoms with Gasteiger partial charge in [-0.15, -0.1) is 3.89 Å². The van der Waals surface area contributed by atoms with Crippen LogP contribution in [0, 0.1) is 0 Å². The van der Waals surface area contributed by atoms with Gasteiger partial charge in [0.05, 0.1) is 0 Å². The second kappa shape index (κ2) is 4.05. The van der Waals surface area contributed by atoms with E-state index in [4.69, 9.17) is 4.52 Å². The highest BCUT2D eigenvalue weighted by atomic mass is 32.3. The molecule has 0 bridgehead atoms. The van der Waals surface area contributed by atoms with Crippen LogP contribution < -0.4 is 0 Å². The van der Waals surface area contributed by atoms with Crippen molar-refractivity contribution >= 4 is 10.2 Å². The third kappa shape index (κ3) is 2.66. The predicted molar refractivity (Wildman–Crippen MR) is 55.7 cm³/mol. The summed E-state index contributed by atoms with van der Waals surface area (Å²) < 4.78 is 37.9. The Labute approximate surface area is 91.9 Å². The van der Waals surface area contributed by atoms with Crippen molar-refractivity contribution in [2.75, 3.05) is 0 Å². The monoisotopic (exact) mass is 241 g/mol. The Morgan fingerprint density at radius 1 is 1.25 bits per heavy atom. The molecule has 1 aromatic carbocycles. The van der Waals surface area contributed by atoms with Crippen molar-refractivity contribution in [3.63, 3.8) is 0 Å². The summed E-state index contributed by atoms with van der Waals surface area (Å²) >= 11 is 0. The summed E-state index contributed by atoms with van der Waals surface area (Å²) in [4.78, 5) is 0. The SMILES string of the molecule is O=S(=O)(F)Cc1cc(-c2ccccc2)no1. The minimum Gasteiger partial charge on any atom is -0.360 e. The molecule has 0 saturated heterocycles. The Balaban J connectivity index is 2.27. The van der Waals surface area contributed by atoms with Crippen LogP contribution in [-0.2, 0) is 16.0 Å². The molecule has 0 unspecified atom stereocenters. The molecule has 0 aliphatic heterocycles. The quantitative estimate of drug-likeness (QED) is 0.772. The minimum absolute atomic E-state index is 0.0126. The van der Waals surface area contributed by atoms with Crippen molar-refractivity contribution in [3.8, 4) is 11.3 Å². The van der Waals surface area contributed by atoms with Crippen molar-refractivity contribution < 1.29 is 16.8 Å². The molecule has 0 atom stereocenters. The van der Waals surface area contributed by atoms with Crippen LogP contribution in [0.5, 0.6) is 0 Å². The molecule has 84 valence electrons. The van der Waals surface area contributed by atoms with Gasteiger partial charge >= 0.3 is 10.2 Å². The largest absolute Gasteiger partial charge is 0.360 e. The number of nitrogens with zero attached hydrogens (tertiary/aromatic N) is 1. The van der Waals surface area contributed by atoms with Gasteiger partial charge in [-0.1, -0.05) is 35.5 Å². The molecule has 0 spiro atoms. The van der Waals surface area contributed by atoms with Gasteiger partial charge in [-0.3, -0.25) is 0 Å². The maximum Gasteiger partial charge on any atom is 0.309 e. The van der Waals surface area contributed by atoms with Gasteiger partial charge in [0.1, 0.15) is 11.4 Å². The second-order valence-electron chi connectivity index (χ2n) is 3.23. The number of benzene rings is 1. The normalized spacial score (nSPS) is 11.6. The standard InChI is InChI=1S/C10H8FNO3S/c11-16(13,14)7-9-6-10(12-15-9)8-4-2-1-3-5-8/h1-6H,7H2. The van der Waals surface area contributed by atoms with E-state index in [1.54, 1.807) is 12.1 Å². The Morgan fingerprint density at radius 2 is 1.94 bits per heavy atom. The molecule has 0 saturated carbocycles. The van der Waals surface area contributed by atoms with E-state index >= 15 is 0 Å². The van der Waals surface area contributed by atoms with E-state index in [0.717, 1.165) is 5.56 Å². The van der Waals surface area contributed by atoms with Gasteiger partial charge in [0, 0.05) is 11.6 Å².